The van der Waals surface area contributed by atoms with Gasteiger partial charge in [0.15, 0.2) is 0 Å². The molecule has 2 N–H and O–H groups in total. The molecule has 0 saturated carbocycles. The van der Waals surface area contributed by atoms with Gasteiger partial charge < -0.3 is 19.9 Å². The van der Waals surface area contributed by atoms with Gasteiger partial charge in [-0.2, -0.15) is 0 Å². The van der Waals surface area contributed by atoms with Crippen molar-refractivity contribution >= 4 is 40.1 Å². The molecular weight excluding hydrogens is 500 g/mol. The first-order valence-electron chi connectivity index (χ1n) is 12.4. The van der Waals surface area contributed by atoms with Crippen LogP contribution in [0.1, 0.15) is 20.7 Å². The number of hydrogen-bond acceptors (Lipinski definition) is 6. The number of ether oxygens (including phenoxy) is 2. The zero-order valence-corrected chi connectivity index (χ0v) is 21.6. The van der Waals surface area contributed by atoms with Gasteiger partial charge in [0.25, 0.3) is 5.91 Å². The van der Waals surface area contributed by atoms with E-state index in [0.717, 1.165) is 49.4 Å². The molecule has 194 valence electrons. The Morgan fingerprint density at radius 2 is 1.61 bits per heavy atom. The van der Waals surface area contributed by atoms with E-state index in [-0.39, 0.29) is 11.3 Å². The summed E-state index contributed by atoms with van der Waals surface area (Å²) in [7, 11) is 0. The second kappa shape index (κ2) is 12.1. The molecule has 4 aromatic carbocycles. The van der Waals surface area contributed by atoms with Gasteiger partial charge in [-0.1, -0.05) is 24.3 Å². The number of rotatable bonds is 9. The van der Waals surface area contributed by atoms with Crippen molar-refractivity contribution in [1.29, 1.82) is 0 Å². The summed E-state index contributed by atoms with van der Waals surface area (Å²) in [6, 6.07) is 25.5. The first-order valence-corrected chi connectivity index (χ1v) is 13.4. The highest BCUT2D eigenvalue weighted by Crippen LogP contribution is 2.29. The topological polar surface area (TPSA) is 88.1 Å². The predicted octanol–water partition coefficient (Wildman–Crippen LogP) is 6.01. The average molecular weight is 529 g/mol. The molecule has 4 aromatic rings. The minimum Gasteiger partial charge on any atom is -0.478 e. The number of nitrogens with one attached hydrogen (secondary N) is 1. The molecule has 0 spiro atoms. The molecule has 0 aromatic heterocycles. The van der Waals surface area contributed by atoms with Crippen molar-refractivity contribution in [2.75, 3.05) is 43.9 Å². The number of thioether (sulfide) groups is 1. The van der Waals surface area contributed by atoms with E-state index in [9.17, 15) is 14.7 Å². The first kappa shape index (κ1) is 25.8. The Balaban J connectivity index is 1.18. The Morgan fingerprint density at radius 3 is 2.39 bits per heavy atom. The summed E-state index contributed by atoms with van der Waals surface area (Å²) in [5.74, 6) is 0.862. The molecule has 0 atom stereocenters. The van der Waals surface area contributed by atoms with E-state index in [2.05, 4.69) is 34.5 Å². The quantitative estimate of drug-likeness (QED) is 0.257. The molecule has 5 rings (SSSR count). The highest BCUT2D eigenvalue weighted by Gasteiger charge is 2.13. The van der Waals surface area contributed by atoms with E-state index in [1.807, 2.05) is 23.9 Å². The Hall–Kier alpha value is -3.85. The van der Waals surface area contributed by atoms with Gasteiger partial charge in [-0.05, 0) is 71.4 Å². The lowest BCUT2D eigenvalue weighted by Crippen LogP contribution is -2.37. The van der Waals surface area contributed by atoms with Gasteiger partial charge in [-0.25, -0.2) is 4.79 Å². The molecule has 0 bridgehead atoms. The van der Waals surface area contributed by atoms with E-state index in [4.69, 9.17) is 9.47 Å². The monoisotopic (exact) mass is 528 g/mol. The van der Waals surface area contributed by atoms with Gasteiger partial charge in [-0.15, -0.1) is 11.8 Å². The van der Waals surface area contributed by atoms with Gasteiger partial charge in [-0.3, -0.25) is 9.69 Å². The highest BCUT2D eigenvalue weighted by atomic mass is 32.2. The molecule has 1 aliphatic rings. The largest absolute Gasteiger partial charge is 0.478 e. The van der Waals surface area contributed by atoms with Crippen molar-refractivity contribution in [3.8, 4) is 11.5 Å². The van der Waals surface area contributed by atoms with Crippen molar-refractivity contribution in [2.45, 2.75) is 4.90 Å². The third-order valence-electron chi connectivity index (χ3n) is 6.32. The molecule has 0 unspecified atom stereocenters. The number of fused-ring (bicyclic) bond motifs is 1. The van der Waals surface area contributed by atoms with Gasteiger partial charge in [0.2, 0.25) is 0 Å². The Kier molecular flexibility index (Phi) is 8.23. The van der Waals surface area contributed by atoms with Crippen LogP contribution in [0.15, 0.2) is 89.8 Å². The normalized spacial score (nSPS) is 13.8. The first-order chi connectivity index (χ1) is 18.5. The van der Waals surface area contributed by atoms with Gasteiger partial charge in [0.05, 0.1) is 24.5 Å². The number of anilines is 1. The number of carbonyl (C=O) groups excluding carboxylic acids is 1. The molecule has 38 heavy (non-hydrogen) atoms. The van der Waals surface area contributed by atoms with Crippen molar-refractivity contribution in [2.24, 2.45) is 0 Å². The number of carboxylic acids is 1. The number of amides is 1. The van der Waals surface area contributed by atoms with Gasteiger partial charge in [0.1, 0.15) is 11.5 Å². The smallest absolute Gasteiger partial charge is 0.337 e. The zero-order chi connectivity index (χ0) is 26.3. The number of morpholine rings is 1. The molecule has 1 saturated heterocycles. The van der Waals surface area contributed by atoms with Crippen molar-refractivity contribution in [3.63, 3.8) is 0 Å². The summed E-state index contributed by atoms with van der Waals surface area (Å²) in [6.07, 6.45) is 0. The maximum atomic E-state index is 12.6. The lowest BCUT2D eigenvalue weighted by atomic mass is 10.1. The minimum absolute atomic E-state index is 0.0378. The third-order valence-corrected chi connectivity index (χ3v) is 7.29. The predicted molar refractivity (Wildman–Crippen MR) is 150 cm³/mol. The fraction of sp³-hybridized carbons (Fsp3) is 0.200. The highest BCUT2D eigenvalue weighted by molar-refractivity contribution is 7.99. The van der Waals surface area contributed by atoms with Gasteiger partial charge >= 0.3 is 5.97 Å². The molecule has 1 heterocycles. The van der Waals surface area contributed by atoms with E-state index in [0.29, 0.717) is 17.1 Å². The van der Waals surface area contributed by atoms with Crippen LogP contribution < -0.4 is 10.1 Å². The molecular formula is C30H28N2O5S. The van der Waals surface area contributed by atoms with Crippen molar-refractivity contribution in [1.82, 2.24) is 4.90 Å². The summed E-state index contributed by atoms with van der Waals surface area (Å²) < 4.78 is 11.4. The zero-order valence-electron chi connectivity index (χ0n) is 20.8. The number of carboxylic acid groups (broad SMARTS) is 1. The Bertz CT molecular complexity index is 1430. The maximum Gasteiger partial charge on any atom is 0.337 e. The van der Waals surface area contributed by atoms with Crippen LogP contribution in [0, 0.1) is 0 Å². The van der Waals surface area contributed by atoms with Crippen LogP contribution in [0.5, 0.6) is 11.5 Å². The number of hydrogen-bond donors (Lipinski definition) is 2. The van der Waals surface area contributed by atoms with E-state index in [1.54, 1.807) is 42.5 Å². The van der Waals surface area contributed by atoms with Crippen LogP contribution in [0.2, 0.25) is 0 Å². The fourth-order valence-electron chi connectivity index (χ4n) is 4.26. The van der Waals surface area contributed by atoms with Crippen LogP contribution in [0.25, 0.3) is 10.8 Å². The standard InChI is InChI=1S/C30H28N2O5S/c33-29(31-28-4-2-1-3-27(28)30(34)35)21-5-9-24(10-6-21)37-25-11-7-23-20-26(12-8-22(23)19-25)38-18-15-32-13-16-36-17-14-32/h1-12,19-20H,13-18H2,(H,31,33)(H,34,35). The number of aromatic carboxylic acids is 1. The second-order valence-electron chi connectivity index (χ2n) is 8.90. The van der Waals surface area contributed by atoms with Crippen LogP contribution in [-0.4, -0.2) is 60.5 Å². The minimum atomic E-state index is -1.10. The van der Waals surface area contributed by atoms with E-state index in [1.165, 1.54) is 11.0 Å². The Labute approximate surface area is 225 Å². The lowest BCUT2D eigenvalue weighted by molar-refractivity contribution is 0.0410. The van der Waals surface area contributed by atoms with Crippen LogP contribution in [0.4, 0.5) is 5.69 Å². The van der Waals surface area contributed by atoms with Crippen LogP contribution in [0.3, 0.4) is 0 Å². The molecule has 7 nitrogen and oxygen atoms in total. The molecule has 0 aliphatic carbocycles. The molecule has 8 heteroatoms. The molecule has 0 radical (unpaired) electrons. The molecule has 1 aliphatic heterocycles. The Morgan fingerprint density at radius 1 is 0.895 bits per heavy atom. The lowest BCUT2D eigenvalue weighted by Gasteiger charge is -2.26. The summed E-state index contributed by atoms with van der Waals surface area (Å²) in [4.78, 5) is 27.7. The van der Waals surface area contributed by atoms with Crippen LogP contribution >= 0.6 is 11.8 Å². The van der Waals surface area contributed by atoms with Crippen molar-refractivity contribution in [3.05, 3.63) is 96.1 Å². The summed E-state index contributed by atoms with van der Waals surface area (Å²) in [5.41, 5.74) is 0.686. The summed E-state index contributed by atoms with van der Waals surface area (Å²) >= 11 is 1.87. The van der Waals surface area contributed by atoms with E-state index >= 15 is 0 Å². The fourth-order valence-corrected chi connectivity index (χ4v) is 5.22. The number of para-hydroxylation sites is 1. The number of benzene rings is 4. The average Bonchev–Trinajstić information content (AvgIpc) is 2.94. The third kappa shape index (κ3) is 6.52. The number of carbonyl (C=O) groups is 2. The van der Waals surface area contributed by atoms with E-state index < -0.39 is 11.9 Å². The van der Waals surface area contributed by atoms with Crippen LogP contribution in [-0.2, 0) is 4.74 Å². The molecule has 1 amide bonds. The number of nitrogens with zero attached hydrogens (tertiary/aromatic N) is 1. The summed E-state index contributed by atoms with van der Waals surface area (Å²) in [6.45, 7) is 4.74. The SMILES string of the molecule is O=C(Nc1ccccc1C(=O)O)c1ccc(Oc2ccc3cc(SCCN4CCOCC4)ccc3c2)cc1. The second-order valence-corrected chi connectivity index (χ2v) is 10.1. The molecule has 1 fully saturated rings. The maximum absolute atomic E-state index is 12.6. The van der Waals surface area contributed by atoms with Gasteiger partial charge in [0, 0.05) is 35.8 Å². The van der Waals surface area contributed by atoms with Crippen molar-refractivity contribution < 1.29 is 24.2 Å². The summed E-state index contributed by atoms with van der Waals surface area (Å²) in [5, 5.41) is 14.2.